The van der Waals surface area contributed by atoms with E-state index in [2.05, 4.69) is 84.9 Å². The molecule has 0 fully saturated rings. The minimum Gasteiger partial charge on any atom is -0.245 e. The lowest BCUT2D eigenvalue weighted by atomic mass is 9.92. The molecule has 5 aromatic carbocycles. The SMILES string of the molecule is N#Cc1cccc(C#N)c1-c1cccc2sc3ccc(-c4ccc5ccc6ccc(-c7ccccc7)nc6c5n4)cc3c12. The molecule has 3 aromatic heterocycles. The van der Waals surface area contributed by atoms with E-state index in [0.29, 0.717) is 16.7 Å². The van der Waals surface area contributed by atoms with Crippen LogP contribution in [0.15, 0.2) is 121 Å². The van der Waals surface area contributed by atoms with E-state index in [-0.39, 0.29) is 0 Å². The fourth-order valence-corrected chi connectivity index (χ4v) is 7.03. The zero-order valence-corrected chi connectivity index (χ0v) is 23.6. The summed E-state index contributed by atoms with van der Waals surface area (Å²) in [5.41, 5.74) is 8.15. The largest absolute Gasteiger partial charge is 0.245 e. The van der Waals surface area contributed by atoms with Gasteiger partial charge in [-0.3, -0.25) is 0 Å². The molecule has 0 unspecified atom stereocenters. The number of aromatic nitrogens is 2. The normalized spacial score (nSPS) is 11.2. The van der Waals surface area contributed by atoms with E-state index in [1.807, 2.05) is 30.3 Å². The fourth-order valence-electron chi connectivity index (χ4n) is 5.92. The van der Waals surface area contributed by atoms with Crippen LogP contribution in [-0.2, 0) is 0 Å². The predicted octanol–water partition coefficient (Wildman–Crippen LogP) is 9.90. The Morgan fingerprint density at radius 3 is 1.84 bits per heavy atom. The van der Waals surface area contributed by atoms with Crippen molar-refractivity contribution in [1.29, 1.82) is 10.5 Å². The van der Waals surface area contributed by atoms with Gasteiger partial charge in [-0.1, -0.05) is 78.9 Å². The molecule has 198 valence electrons. The molecule has 0 saturated heterocycles. The average molecular weight is 565 g/mol. The smallest absolute Gasteiger partial charge is 0.0998 e. The molecule has 0 spiro atoms. The van der Waals surface area contributed by atoms with Crippen LogP contribution in [0.1, 0.15) is 11.1 Å². The van der Waals surface area contributed by atoms with Crippen LogP contribution >= 0.6 is 11.3 Å². The quantitative estimate of drug-likeness (QED) is 0.200. The van der Waals surface area contributed by atoms with E-state index in [1.54, 1.807) is 29.5 Å². The van der Waals surface area contributed by atoms with Crippen LogP contribution in [0.2, 0.25) is 0 Å². The topological polar surface area (TPSA) is 73.4 Å². The highest BCUT2D eigenvalue weighted by Gasteiger charge is 2.18. The second kappa shape index (κ2) is 9.89. The van der Waals surface area contributed by atoms with Gasteiger partial charge in [0.15, 0.2) is 0 Å². The first kappa shape index (κ1) is 24.9. The van der Waals surface area contributed by atoms with Crippen LogP contribution in [0.25, 0.3) is 75.6 Å². The number of rotatable bonds is 3. The molecule has 0 saturated carbocycles. The Balaban J connectivity index is 1.34. The van der Waals surface area contributed by atoms with Gasteiger partial charge in [0.25, 0.3) is 0 Å². The molecule has 43 heavy (non-hydrogen) atoms. The second-order valence-corrected chi connectivity index (χ2v) is 11.5. The summed E-state index contributed by atoms with van der Waals surface area (Å²) in [6.45, 7) is 0. The molecule has 8 aromatic rings. The summed E-state index contributed by atoms with van der Waals surface area (Å²) in [5, 5.41) is 24.0. The molecule has 3 heterocycles. The van der Waals surface area contributed by atoms with E-state index in [0.717, 1.165) is 70.1 Å². The summed E-state index contributed by atoms with van der Waals surface area (Å²) in [7, 11) is 0. The first-order chi connectivity index (χ1) is 21.2. The summed E-state index contributed by atoms with van der Waals surface area (Å²) >= 11 is 1.71. The van der Waals surface area contributed by atoms with E-state index in [4.69, 9.17) is 9.97 Å². The Hall–Kier alpha value is -5.88. The van der Waals surface area contributed by atoms with Crippen LogP contribution in [0.5, 0.6) is 0 Å². The molecule has 8 rings (SSSR count). The number of nitrogens with zero attached hydrogens (tertiary/aromatic N) is 4. The van der Waals surface area contributed by atoms with Crippen molar-refractivity contribution in [2.24, 2.45) is 0 Å². The number of nitriles is 2. The van der Waals surface area contributed by atoms with Gasteiger partial charge in [0.2, 0.25) is 0 Å². The van der Waals surface area contributed by atoms with E-state index in [1.165, 1.54) is 0 Å². The van der Waals surface area contributed by atoms with Crippen LogP contribution in [0, 0.1) is 22.7 Å². The van der Waals surface area contributed by atoms with Crippen LogP contribution in [-0.4, -0.2) is 9.97 Å². The van der Waals surface area contributed by atoms with Gasteiger partial charge in [0.1, 0.15) is 0 Å². The minimum atomic E-state index is 0.493. The maximum absolute atomic E-state index is 9.90. The Morgan fingerprint density at radius 2 is 1.16 bits per heavy atom. The highest BCUT2D eigenvalue weighted by atomic mass is 32.1. The molecule has 0 aliphatic heterocycles. The van der Waals surface area contributed by atoms with Gasteiger partial charge >= 0.3 is 0 Å². The van der Waals surface area contributed by atoms with E-state index in [9.17, 15) is 10.5 Å². The van der Waals surface area contributed by atoms with Gasteiger partial charge in [-0.25, -0.2) is 9.97 Å². The second-order valence-electron chi connectivity index (χ2n) is 10.4. The van der Waals surface area contributed by atoms with Crippen molar-refractivity contribution in [3.8, 4) is 45.8 Å². The summed E-state index contributed by atoms with van der Waals surface area (Å²) in [5.74, 6) is 0. The lowest BCUT2D eigenvalue weighted by Crippen LogP contribution is -1.91. The Morgan fingerprint density at radius 1 is 0.535 bits per heavy atom. The van der Waals surface area contributed by atoms with Crippen molar-refractivity contribution in [3.05, 3.63) is 132 Å². The highest BCUT2D eigenvalue weighted by Crippen LogP contribution is 2.43. The highest BCUT2D eigenvalue weighted by molar-refractivity contribution is 7.26. The molecular weight excluding hydrogens is 545 g/mol. The van der Waals surface area contributed by atoms with Crippen molar-refractivity contribution in [3.63, 3.8) is 0 Å². The number of hydrogen-bond acceptors (Lipinski definition) is 5. The van der Waals surface area contributed by atoms with Crippen LogP contribution in [0.3, 0.4) is 0 Å². The third-order valence-corrected chi connectivity index (χ3v) is 9.09. The number of benzene rings is 5. The maximum atomic E-state index is 9.90. The molecule has 0 radical (unpaired) electrons. The number of fused-ring (bicyclic) bond motifs is 6. The third-order valence-electron chi connectivity index (χ3n) is 7.95. The molecule has 5 heteroatoms. The Kier molecular flexibility index (Phi) is 5.72. The lowest BCUT2D eigenvalue weighted by Gasteiger charge is -2.10. The molecule has 0 aliphatic carbocycles. The van der Waals surface area contributed by atoms with Crippen molar-refractivity contribution in [2.75, 3.05) is 0 Å². The third kappa shape index (κ3) is 4.03. The molecule has 0 N–H and O–H groups in total. The standard InChI is InChI=1S/C38H20N4S/c39-21-27-8-4-9-28(22-40)35(27)29-10-5-11-34-36(29)30-20-26(16-19-33(30)43-34)32-18-15-25-13-12-24-14-17-31(23-6-2-1-3-7-23)41-37(24)38(25)42-32/h1-20H. The van der Waals surface area contributed by atoms with Crippen molar-refractivity contribution >= 4 is 53.3 Å². The van der Waals surface area contributed by atoms with Gasteiger partial charge in [0, 0.05) is 47.6 Å². The lowest BCUT2D eigenvalue weighted by molar-refractivity contribution is 1.37. The molecule has 0 aliphatic rings. The van der Waals surface area contributed by atoms with Crippen LogP contribution in [0.4, 0.5) is 0 Å². The zero-order chi connectivity index (χ0) is 28.9. The number of pyridine rings is 2. The van der Waals surface area contributed by atoms with Crippen molar-refractivity contribution < 1.29 is 0 Å². The molecule has 0 atom stereocenters. The van der Waals surface area contributed by atoms with Crippen molar-refractivity contribution in [1.82, 2.24) is 9.97 Å². The van der Waals surface area contributed by atoms with Crippen molar-refractivity contribution in [2.45, 2.75) is 0 Å². The summed E-state index contributed by atoms with van der Waals surface area (Å²) in [4.78, 5) is 10.2. The summed E-state index contributed by atoms with van der Waals surface area (Å²) < 4.78 is 2.25. The predicted molar refractivity (Wildman–Crippen MR) is 176 cm³/mol. The molecule has 0 bridgehead atoms. The summed E-state index contributed by atoms with van der Waals surface area (Å²) in [6, 6.07) is 45.2. The first-order valence-electron chi connectivity index (χ1n) is 13.9. The number of hydrogen-bond donors (Lipinski definition) is 0. The van der Waals surface area contributed by atoms with Gasteiger partial charge in [0.05, 0.1) is 45.7 Å². The fraction of sp³-hybridized carbons (Fsp3) is 0. The van der Waals surface area contributed by atoms with E-state index < -0.39 is 0 Å². The van der Waals surface area contributed by atoms with Gasteiger partial charge in [-0.05, 0) is 48.0 Å². The molecular formula is C38H20N4S. The van der Waals surface area contributed by atoms with Gasteiger partial charge < -0.3 is 0 Å². The monoisotopic (exact) mass is 564 g/mol. The average Bonchev–Trinajstić information content (AvgIpc) is 3.46. The summed E-state index contributed by atoms with van der Waals surface area (Å²) in [6.07, 6.45) is 0. The minimum absolute atomic E-state index is 0.493. The molecule has 4 nitrogen and oxygen atoms in total. The van der Waals surface area contributed by atoms with Crippen LogP contribution < -0.4 is 0 Å². The zero-order valence-electron chi connectivity index (χ0n) is 22.7. The van der Waals surface area contributed by atoms with Gasteiger partial charge in [-0.2, -0.15) is 10.5 Å². The first-order valence-corrected chi connectivity index (χ1v) is 14.7. The Labute approximate surface area is 251 Å². The maximum Gasteiger partial charge on any atom is 0.0998 e. The number of thiophene rings is 1. The Bertz CT molecular complexity index is 2450. The molecule has 0 amide bonds. The van der Waals surface area contributed by atoms with E-state index >= 15 is 0 Å². The van der Waals surface area contributed by atoms with Gasteiger partial charge in [-0.15, -0.1) is 11.3 Å².